The second kappa shape index (κ2) is 6.53. The highest BCUT2D eigenvalue weighted by Crippen LogP contribution is 2.27. The minimum absolute atomic E-state index is 0.128. The third-order valence-electron chi connectivity index (χ3n) is 3.60. The highest BCUT2D eigenvalue weighted by atomic mass is 16.6. The van der Waals surface area contributed by atoms with E-state index < -0.39 is 10.9 Å². The molecule has 0 amide bonds. The van der Waals surface area contributed by atoms with Crippen molar-refractivity contribution < 1.29 is 19.6 Å². The van der Waals surface area contributed by atoms with Gasteiger partial charge in [-0.3, -0.25) is 10.1 Å². The predicted molar refractivity (Wildman–Crippen MR) is 76.9 cm³/mol. The van der Waals surface area contributed by atoms with Gasteiger partial charge in [0.05, 0.1) is 11.0 Å². The Balaban J connectivity index is 2.26. The largest absolute Gasteiger partial charge is 0.477 e. The molecule has 1 fully saturated rings. The summed E-state index contributed by atoms with van der Waals surface area (Å²) in [4.78, 5) is 23.4. The van der Waals surface area contributed by atoms with Crippen LogP contribution in [0.5, 0.6) is 0 Å². The molecule has 1 heterocycles. The fraction of sp³-hybridized carbons (Fsp3) is 0.500. The van der Waals surface area contributed by atoms with Crippen LogP contribution in [0.3, 0.4) is 0 Å². The van der Waals surface area contributed by atoms with Gasteiger partial charge in [-0.15, -0.1) is 0 Å². The number of anilines is 1. The number of aromatic carboxylic acids is 1. The van der Waals surface area contributed by atoms with Gasteiger partial charge < -0.3 is 14.7 Å². The van der Waals surface area contributed by atoms with Gasteiger partial charge in [0.1, 0.15) is 5.56 Å². The zero-order valence-corrected chi connectivity index (χ0v) is 11.8. The summed E-state index contributed by atoms with van der Waals surface area (Å²) >= 11 is 0. The Bertz CT molecular complexity index is 540. The van der Waals surface area contributed by atoms with Gasteiger partial charge in [-0.25, -0.2) is 4.79 Å². The van der Waals surface area contributed by atoms with E-state index in [1.54, 1.807) is 6.07 Å². The van der Waals surface area contributed by atoms with Crippen molar-refractivity contribution in [3.8, 4) is 0 Å². The van der Waals surface area contributed by atoms with E-state index in [4.69, 9.17) is 9.84 Å². The van der Waals surface area contributed by atoms with Crippen molar-refractivity contribution >= 4 is 17.3 Å². The van der Waals surface area contributed by atoms with Crippen molar-refractivity contribution in [2.45, 2.75) is 25.9 Å². The Morgan fingerprint density at radius 1 is 1.57 bits per heavy atom. The van der Waals surface area contributed by atoms with Crippen LogP contribution in [0.4, 0.5) is 11.4 Å². The standard InChI is InChI=1S/C14H18N2O5/c1-2-15(9-11-4-3-7-21-11)10-5-6-12(14(17)18)13(8-10)16(19)20/h5-6,8,11H,2-4,7,9H2,1H3,(H,17,18). The van der Waals surface area contributed by atoms with E-state index in [9.17, 15) is 14.9 Å². The number of hydrogen-bond acceptors (Lipinski definition) is 5. The Morgan fingerprint density at radius 2 is 2.33 bits per heavy atom. The summed E-state index contributed by atoms with van der Waals surface area (Å²) < 4.78 is 5.58. The molecule has 21 heavy (non-hydrogen) atoms. The maximum atomic E-state index is 11.0. The van der Waals surface area contributed by atoms with Crippen LogP contribution >= 0.6 is 0 Å². The average Bonchev–Trinajstić information content (AvgIpc) is 2.97. The number of nitrogens with zero attached hydrogens (tertiary/aromatic N) is 2. The van der Waals surface area contributed by atoms with Crippen LogP contribution in [-0.2, 0) is 4.74 Å². The monoisotopic (exact) mass is 294 g/mol. The number of rotatable bonds is 6. The molecule has 1 atom stereocenters. The van der Waals surface area contributed by atoms with Crippen molar-refractivity contribution in [3.63, 3.8) is 0 Å². The number of benzene rings is 1. The smallest absolute Gasteiger partial charge is 0.342 e. The van der Waals surface area contributed by atoms with Crippen LogP contribution in [0.15, 0.2) is 18.2 Å². The summed E-state index contributed by atoms with van der Waals surface area (Å²) in [6.45, 7) is 4.02. The number of likely N-dealkylation sites (N-methyl/N-ethyl adjacent to an activating group) is 1. The van der Waals surface area contributed by atoms with Crippen molar-refractivity contribution in [1.29, 1.82) is 0 Å². The van der Waals surface area contributed by atoms with Crippen molar-refractivity contribution in [3.05, 3.63) is 33.9 Å². The number of hydrogen-bond donors (Lipinski definition) is 1. The molecule has 114 valence electrons. The molecular weight excluding hydrogens is 276 g/mol. The van der Waals surface area contributed by atoms with Crippen LogP contribution in [0, 0.1) is 10.1 Å². The maximum Gasteiger partial charge on any atom is 0.342 e. The molecule has 1 aromatic rings. The molecule has 0 aromatic heterocycles. The van der Waals surface area contributed by atoms with E-state index in [2.05, 4.69) is 0 Å². The normalized spacial score (nSPS) is 17.7. The predicted octanol–water partition coefficient (Wildman–Crippen LogP) is 2.30. The third kappa shape index (κ3) is 3.49. The van der Waals surface area contributed by atoms with E-state index in [-0.39, 0.29) is 17.4 Å². The van der Waals surface area contributed by atoms with Crippen LogP contribution < -0.4 is 4.90 Å². The number of nitro benzene ring substituents is 1. The van der Waals surface area contributed by atoms with Gasteiger partial charge in [-0.2, -0.15) is 0 Å². The Labute approximate surface area is 122 Å². The van der Waals surface area contributed by atoms with Crippen LogP contribution in [0.25, 0.3) is 0 Å². The van der Waals surface area contributed by atoms with E-state index in [0.717, 1.165) is 19.4 Å². The van der Waals surface area contributed by atoms with Crippen molar-refractivity contribution in [1.82, 2.24) is 0 Å². The summed E-state index contributed by atoms with van der Waals surface area (Å²) in [5.74, 6) is -1.30. The lowest BCUT2D eigenvalue weighted by molar-refractivity contribution is -0.385. The highest BCUT2D eigenvalue weighted by molar-refractivity contribution is 5.93. The van der Waals surface area contributed by atoms with Gasteiger partial charge in [-0.05, 0) is 31.9 Å². The quantitative estimate of drug-likeness (QED) is 0.639. The minimum Gasteiger partial charge on any atom is -0.477 e. The highest BCUT2D eigenvalue weighted by Gasteiger charge is 2.23. The Hall–Kier alpha value is -2.15. The van der Waals surface area contributed by atoms with E-state index in [1.165, 1.54) is 12.1 Å². The molecule has 0 aliphatic carbocycles. The lowest BCUT2D eigenvalue weighted by Crippen LogP contribution is -2.32. The van der Waals surface area contributed by atoms with Gasteiger partial charge in [0.25, 0.3) is 5.69 Å². The van der Waals surface area contributed by atoms with Crippen LogP contribution in [0.1, 0.15) is 30.1 Å². The summed E-state index contributed by atoms with van der Waals surface area (Å²) in [7, 11) is 0. The molecule has 1 N–H and O–H groups in total. The maximum absolute atomic E-state index is 11.0. The van der Waals surface area contributed by atoms with Gasteiger partial charge >= 0.3 is 5.97 Å². The van der Waals surface area contributed by atoms with Crippen molar-refractivity contribution in [2.75, 3.05) is 24.6 Å². The summed E-state index contributed by atoms with van der Waals surface area (Å²) in [6, 6.07) is 4.21. The third-order valence-corrected chi connectivity index (χ3v) is 3.60. The zero-order valence-electron chi connectivity index (χ0n) is 11.8. The van der Waals surface area contributed by atoms with Gasteiger partial charge in [0.15, 0.2) is 0 Å². The van der Waals surface area contributed by atoms with Crippen LogP contribution in [-0.4, -0.2) is 41.8 Å². The number of ether oxygens (including phenoxy) is 1. The van der Waals surface area contributed by atoms with Crippen LogP contribution in [0.2, 0.25) is 0 Å². The number of nitro groups is 1. The SMILES string of the molecule is CCN(CC1CCCO1)c1ccc(C(=O)O)c([N+](=O)[O-])c1. The Kier molecular flexibility index (Phi) is 4.74. The molecule has 0 spiro atoms. The molecule has 0 bridgehead atoms. The fourth-order valence-corrected chi connectivity index (χ4v) is 2.50. The summed E-state index contributed by atoms with van der Waals surface area (Å²) in [6.07, 6.45) is 2.13. The summed E-state index contributed by atoms with van der Waals surface area (Å²) in [5.41, 5.74) is -0.0348. The van der Waals surface area contributed by atoms with E-state index >= 15 is 0 Å². The molecular formula is C14H18N2O5. The van der Waals surface area contributed by atoms with Gasteiger partial charge in [0.2, 0.25) is 0 Å². The molecule has 0 saturated carbocycles. The number of carboxylic acids is 1. The zero-order chi connectivity index (χ0) is 15.4. The van der Waals surface area contributed by atoms with Crippen molar-refractivity contribution in [2.24, 2.45) is 0 Å². The minimum atomic E-state index is -1.30. The topological polar surface area (TPSA) is 92.9 Å². The fourth-order valence-electron chi connectivity index (χ4n) is 2.50. The first-order chi connectivity index (χ1) is 10.0. The second-order valence-electron chi connectivity index (χ2n) is 4.94. The molecule has 1 aliphatic rings. The molecule has 1 aromatic carbocycles. The first kappa shape index (κ1) is 15.2. The number of carboxylic acid groups (broad SMARTS) is 1. The molecule has 1 unspecified atom stereocenters. The first-order valence-corrected chi connectivity index (χ1v) is 6.91. The van der Waals surface area contributed by atoms with E-state index in [1.807, 2.05) is 11.8 Å². The molecule has 2 rings (SSSR count). The Morgan fingerprint density at radius 3 is 2.86 bits per heavy atom. The molecule has 0 radical (unpaired) electrons. The molecule has 1 saturated heterocycles. The second-order valence-corrected chi connectivity index (χ2v) is 4.94. The lowest BCUT2D eigenvalue weighted by atomic mass is 10.1. The average molecular weight is 294 g/mol. The molecule has 7 nitrogen and oxygen atoms in total. The molecule has 1 aliphatic heterocycles. The summed E-state index contributed by atoms with van der Waals surface area (Å²) in [5, 5.41) is 20.0. The lowest BCUT2D eigenvalue weighted by Gasteiger charge is -2.26. The molecule has 7 heteroatoms. The van der Waals surface area contributed by atoms with Gasteiger partial charge in [0, 0.05) is 31.5 Å². The first-order valence-electron chi connectivity index (χ1n) is 6.91. The van der Waals surface area contributed by atoms with E-state index in [0.29, 0.717) is 18.8 Å². The number of carbonyl (C=O) groups is 1. The van der Waals surface area contributed by atoms with Gasteiger partial charge in [-0.1, -0.05) is 0 Å².